The molecule has 3 aromatic rings. The smallest absolute Gasteiger partial charge is 0.133 e. The predicted octanol–water partition coefficient (Wildman–Crippen LogP) is 5.38. The van der Waals surface area contributed by atoms with Crippen molar-refractivity contribution in [2.45, 2.75) is 39.0 Å². The van der Waals surface area contributed by atoms with Gasteiger partial charge in [0, 0.05) is 29.6 Å². The Morgan fingerprint density at radius 1 is 0.964 bits per heavy atom. The van der Waals surface area contributed by atoms with Crippen LogP contribution in [0.2, 0.25) is 0 Å². The van der Waals surface area contributed by atoms with E-state index in [0.717, 1.165) is 35.6 Å². The molecule has 6 heteroatoms. The Balaban J connectivity index is 0.00000225. The monoisotopic (exact) mass is 400 g/mol. The minimum Gasteiger partial charge on any atom is -0.384 e. The first-order valence-corrected chi connectivity index (χ1v) is 9.77. The van der Waals surface area contributed by atoms with Crippen molar-refractivity contribution in [1.82, 2.24) is 9.97 Å². The lowest BCUT2D eigenvalue weighted by atomic mass is 9.98. The van der Waals surface area contributed by atoms with Crippen LogP contribution in [0, 0.1) is 5.82 Å². The van der Waals surface area contributed by atoms with Crippen LogP contribution >= 0.6 is 12.4 Å². The van der Waals surface area contributed by atoms with Crippen molar-refractivity contribution in [3.63, 3.8) is 0 Å². The number of halogens is 2. The number of benzene rings is 1. The number of hydrogen-bond donors (Lipinski definition) is 1. The number of aromatic nitrogens is 2. The third-order valence-electron chi connectivity index (χ3n) is 5.33. The first kappa shape index (κ1) is 20.3. The van der Waals surface area contributed by atoms with Gasteiger partial charge in [0.25, 0.3) is 0 Å². The summed E-state index contributed by atoms with van der Waals surface area (Å²) in [5.41, 5.74) is 8.62. The van der Waals surface area contributed by atoms with Gasteiger partial charge in [0.2, 0.25) is 0 Å². The van der Waals surface area contributed by atoms with Gasteiger partial charge in [0.1, 0.15) is 17.5 Å². The topological polar surface area (TPSA) is 55.0 Å². The molecule has 0 radical (unpaired) electrons. The molecule has 4 rings (SSSR count). The van der Waals surface area contributed by atoms with Crippen LogP contribution in [0.15, 0.2) is 36.4 Å². The minimum absolute atomic E-state index is 0. The minimum atomic E-state index is -0.274. The highest BCUT2D eigenvalue weighted by Crippen LogP contribution is 2.34. The van der Waals surface area contributed by atoms with Gasteiger partial charge in [-0.15, -0.1) is 12.4 Å². The second-order valence-electron chi connectivity index (χ2n) is 7.15. The first-order chi connectivity index (χ1) is 13.2. The Morgan fingerprint density at radius 2 is 1.68 bits per heavy atom. The normalized spacial score (nSPS) is 14.6. The third-order valence-corrected chi connectivity index (χ3v) is 5.33. The number of nitrogens with zero attached hydrogens (tertiary/aromatic N) is 3. The highest BCUT2D eigenvalue weighted by molar-refractivity contribution is 5.95. The molecule has 2 N–H and O–H groups in total. The van der Waals surface area contributed by atoms with Gasteiger partial charge >= 0.3 is 0 Å². The van der Waals surface area contributed by atoms with Crippen molar-refractivity contribution >= 4 is 34.9 Å². The number of nitrogen functional groups attached to an aromatic ring is 1. The zero-order valence-electron chi connectivity index (χ0n) is 16.1. The van der Waals surface area contributed by atoms with Crippen LogP contribution in [0.3, 0.4) is 0 Å². The summed E-state index contributed by atoms with van der Waals surface area (Å²) in [6, 6.07) is 11.0. The van der Waals surface area contributed by atoms with Crippen LogP contribution in [-0.4, -0.2) is 23.1 Å². The van der Waals surface area contributed by atoms with Crippen LogP contribution in [0.25, 0.3) is 22.0 Å². The maximum Gasteiger partial charge on any atom is 0.133 e. The molecule has 0 spiro atoms. The summed E-state index contributed by atoms with van der Waals surface area (Å²) in [6.07, 6.45) is 5.57. The van der Waals surface area contributed by atoms with Gasteiger partial charge in [-0.25, -0.2) is 14.4 Å². The summed E-state index contributed by atoms with van der Waals surface area (Å²) in [5.74, 6) is 1.11. The second-order valence-corrected chi connectivity index (χ2v) is 7.15. The fraction of sp³-hybridized carbons (Fsp3) is 0.364. The van der Waals surface area contributed by atoms with Crippen molar-refractivity contribution < 1.29 is 4.39 Å². The Labute approximate surface area is 171 Å². The number of hydrogen-bond acceptors (Lipinski definition) is 4. The zero-order valence-corrected chi connectivity index (χ0v) is 16.9. The zero-order chi connectivity index (χ0) is 18.8. The molecular formula is C22H26ClFN4. The molecule has 1 saturated heterocycles. The maximum atomic E-state index is 14.9. The molecule has 0 saturated carbocycles. The van der Waals surface area contributed by atoms with E-state index in [1.807, 2.05) is 19.1 Å². The molecule has 0 unspecified atom stereocenters. The summed E-state index contributed by atoms with van der Waals surface area (Å²) in [4.78, 5) is 11.6. The van der Waals surface area contributed by atoms with E-state index in [4.69, 9.17) is 10.7 Å². The van der Waals surface area contributed by atoms with E-state index in [0.29, 0.717) is 23.3 Å². The van der Waals surface area contributed by atoms with Crippen LogP contribution in [0.1, 0.15) is 38.3 Å². The molecular weight excluding hydrogens is 375 g/mol. The van der Waals surface area contributed by atoms with E-state index in [-0.39, 0.29) is 18.2 Å². The van der Waals surface area contributed by atoms with E-state index >= 15 is 0 Å². The average Bonchev–Trinajstić information content (AvgIpc) is 2.97. The lowest BCUT2D eigenvalue weighted by Crippen LogP contribution is -2.24. The Hall–Kier alpha value is -2.40. The Kier molecular flexibility index (Phi) is 6.35. The van der Waals surface area contributed by atoms with E-state index in [1.54, 1.807) is 12.1 Å². The number of pyridine rings is 2. The van der Waals surface area contributed by atoms with Crippen molar-refractivity contribution in [3.8, 4) is 11.1 Å². The van der Waals surface area contributed by atoms with Gasteiger partial charge in [-0.2, -0.15) is 0 Å². The Bertz CT molecular complexity index is 968. The quantitative estimate of drug-likeness (QED) is 0.641. The molecule has 1 fully saturated rings. The number of anilines is 2. The van der Waals surface area contributed by atoms with Gasteiger partial charge in [-0.3, -0.25) is 0 Å². The van der Waals surface area contributed by atoms with Gasteiger partial charge in [0.05, 0.1) is 11.2 Å². The number of aryl methyl sites for hydroxylation is 1. The average molecular weight is 401 g/mol. The van der Waals surface area contributed by atoms with E-state index in [2.05, 4.69) is 16.0 Å². The number of fused-ring (bicyclic) bond motifs is 1. The van der Waals surface area contributed by atoms with Gasteiger partial charge in [-0.1, -0.05) is 19.8 Å². The highest BCUT2D eigenvalue weighted by Gasteiger charge is 2.18. The molecule has 1 aliphatic heterocycles. The molecule has 0 atom stereocenters. The lowest BCUT2D eigenvalue weighted by molar-refractivity contribution is 0.632. The fourth-order valence-electron chi connectivity index (χ4n) is 3.90. The summed E-state index contributed by atoms with van der Waals surface area (Å²) < 4.78 is 14.9. The largest absolute Gasteiger partial charge is 0.384 e. The molecule has 0 aliphatic carbocycles. The van der Waals surface area contributed by atoms with Gasteiger partial charge in [-0.05, 0) is 55.7 Å². The molecule has 4 nitrogen and oxygen atoms in total. The Morgan fingerprint density at radius 3 is 2.39 bits per heavy atom. The standard InChI is InChI=1S/C22H25FN4.ClH/c1-2-18-16(9-11-19(24)25-18)21-17(23)10-7-15-8-12-20(26-22(15)21)27-13-5-3-4-6-14-27;/h7-12H,2-6,13-14H2,1H3,(H2,24,25);1H. The molecule has 28 heavy (non-hydrogen) atoms. The van der Waals surface area contributed by atoms with Crippen molar-refractivity contribution in [2.24, 2.45) is 0 Å². The molecule has 3 heterocycles. The van der Waals surface area contributed by atoms with E-state index in [1.165, 1.54) is 31.7 Å². The fourth-order valence-corrected chi connectivity index (χ4v) is 3.90. The SMILES string of the molecule is CCc1nc(N)ccc1-c1c(F)ccc2ccc(N3CCCCCC3)nc12.Cl. The molecule has 1 aromatic carbocycles. The van der Waals surface area contributed by atoms with Crippen molar-refractivity contribution in [3.05, 3.63) is 47.9 Å². The van der Waals surface area contributed by atoms with Crippen LogP contribution in [-0.2, 0) is 6.42 Å². The van der Waals surface area contributed by atoms with Crippen LogP contribution in [0.5, 0.6) is 0 Å². The summed E-state index contributed by atoms with van der Waals surface area (Å²) in [5, 5.41) is 0.934. The van der Waals surface area contributed by atoms with Crippen molar-refractivity contribution in [1.29, 1.82) is 0 Å². The number of rotatable bonds is 3. The lowest BCUT2D eigenvalue weighted by Gasteiger charge is -2.22. The van der Waals surface area contributed by atoms with Gasteiger partial charge in [0.15, 0.2) is 0 Å². The van der Waals surface area contributed by atoms with Crippen LogP contribution < -0.4 is 10.6 Å². The third kappa shape index (κ3) is 3.90. The van der Waals surface area contributed by atoms with Crippen LogP contribution in [0.4, 0.5) is 16.0 Å². The molecule has 2 aromatic heterocycles. The molecule has 1 aliphatic rings. The maximum absolute atomic E-state index is 14.9. The summed E-state index contributed by atoms with van der Waals surface area (Å²) in [6.45, 7) is 4.02. The van der Waals surface area contributed by atoms with E-state index < -0.39 is 0 Å². The first-order valence-electron chi connectivity index (χ1n) is 9.77. The highest BCUT2D eigenvalue weighted by atomic mass is 35.5. The molecule has 0 amide bonds. The number of nitrogens with two attached hydrogens (primary N) is 1. The summed E-state index contributed by atoms with van der Waals surface area (Å²) >= 11 is 0. The second kappa shape index (κ2) is 8.74. The predicted molar refractivity (Wildman–Crippen MR) is 117 cm³/mol. The summed E-state index contributed by atoms with van der Waals surface area (Å²) in [7, 11) is 0. The molecule has 0 bridgehead atoms. The van der Waals surface area contributed by atoms with Crippen molar-refractivity contribution in [2.75, 3.05) is 23.7 Å². The van der Waals surface area contributed by atoms with E-state index in [9.17, 15) is 4.39 Å². The molecule has 148 valence electrons. The van der Waals surface area contributed by atoms with Gasteiger partial charge < -0.3 is 10.6 Å².